The summed E-state index contributed by atoms with van der Waals surface area (Å²) in [5, 5.41) is 4.95. The van der Waals surface area contributed by atoms with Crippen LogP contribution in [0.5, 0.6) is 0 Å². The van der Waals surface area contributed by atoms with Crippen LogP contribution in [-0.4, -0.2) is 51.1 Å². The largest absolute Gasteiger partial charge is 0.325 e. The quantitative estimate of drug-likeness (QED) is 0.462. The molecule has 0 aliphatic heterocycles. The monoisotopic (exact) mass is 501 g/mol. The van der Waals surface area contributed by atoms with Gasteiger partial charge in [0.1, 0.15) is 9.90 Å². The molecule has 0 spiro atoms. The fourth-order valence-electron chi connectivity index (χ4n) is 3.33. The molecule has 174 valence electrons. The van der Waals surface area contributed by atoms with Gasteiger partial charge in [0.05, 0.1) is 24.2 Å². The Morgan fingerprint density at radius 1 is 1.12 bits per heavy atom. The number of aromatic nitrogens is 2. The number of hydrogen-bond acceptors (Lipinski definition) is 9. The van der Waals surface area contributed by atoms with Crippen molar-refractivity contribution < 1.29 is 26.4 Å². The minimum atomic E-state index is -3.71. The Morgan fingerprint density at radius 3 is 2.44 bits per heavy atom. The lowest BCUT2D eigenvalue weighted by atomic mass is 9.99. The van der Waals surface area contributed by atoms with Gasteiger partial charge in [0.25, 0.3) is 0 Å². The number of ketones is 1. The van der Waals surface area contributed by atoms with Crippen molar-refractivity contribution in [2.75, 3.05) is 23.1 Å². The summed E-state index contributed by atoms with van der Waals surface area (Å²) in [5.74, 6) is -0.240. The summed E-state index contributed by atoms with van der Waals surface area (Å²) in [6.45, 7) is -0.344. The van der Waals surface area contributed by atoms with Gasteiger partial charge in [-0.2, -0.15) is 0 Å². The van der Waals surface area contributed by atoms with E-state index in [4.69, 9.17) is 0 Å². The summed E-state index contributed by atoms with van der Waals surface area (Å²) < 4.78 is 48.8. The number of thiazole rings is 1. The summed E-state index contributed by atoms with van der Waals surface area (Å²) >= 11 is 0.698. The molecule has 2 aromatic heterocycles. The molecule has 1 aliphatic carbocycles. The molecule has 3 N–H and O–H groups in total. The molecule has 3 rings (SSSR count). The van der Waals surface area contributed by atoms with E-state index in [9.17, 15) is 26.4 Å². The normalized spacial score (nSPS) is 14.9. The van der Waals surface area contributed by atoms with Gasteiger partial charge in [0.2, 0.25) is 10.0 Å². The number of pyridine rings is 1. The fraction of sp³-hybridized carbons (Fsp3) is 0.444. The molecule has 0 bridgehead atoms. The maximum Gasteiger partial charge on any atom is 0.325 e. The van der Waals surface area contributed by atoms with Crippen molar-refractivity contribution in [1.82, 2.24) is 14.7 Å². The molecule has 0 saturated heterocycles. The molecule has 0 aromatic carbocycles. The maximum atomic E-state index is 12.8. The van der Waals surface area contributed by atoms with Crippen LogP contribution < -0.4 is 15.4 Å². The van der Waals surface area contributed by atoms with Crippen molar-refractivity contribution in [1.29, 1.82) is 0 Å². The lowest BCUT2D eigenvalue weighted by Crippen LogP contribution is -2.23. The topological polar surface area (TPSA) is 164 Å². The summed E-state index contributed by atoms with van der Waals surface area (Å²) in [7, 11) is -7.29. The molecular weight excluding hydrogens is 478 g/mol. The number of sulfonamides is 1. The van der Waals surface area contributed by atoms with Crippen LogP contribution in [0.25, 0.3) is 0 Å². The van der Waals surface area contributed by atoms with Crippen LogP contribution >= 0.6 is 11.3 Å². The summed E-state index contributed by atoms with van der Waals surface area (Å²) in [6, 6.07) is 2.40. The molecule has 1 aliphatic rings. The molecule has 1 fully saturated rings. The predicted octanol–water partition coefficient (Wildman–Crippen LogP) is 2.01. The van der Waals surface area contributed by atoms with E-state index in [-0.39, 0.29) is 44.7 Å². The second-order valence-electron chi connectivity index (χ2n) is 7.44. The number of urea groups is 1. The number of anilines is 2. The third-order valence-corrected chi connectivity index (χ3v) is 8.28. The molecule has 1 saturated carbocycles. The Balaban J connectivity index is 1.77. The zero-order valence-corrected chi connectivity index (χ0v) is 19.9. The summed E-state index contributed by atoms with van der Waals surface area (Å²) in [6.07, 6.45) is 6.92. The average Bonchev–Trinajstić information content (AvgIpc) is 3.35. The first-order chi connectivity index (χ1) is 14.9. The Kier molecular flexibility index (Phi) is 7.27. The zero-order chi connectivity index (χ0) is 23.5. The van der Waals surface area contributed by atoms with E-state index in [2.05, 4.69) is 25.3 Å². The number of carbonyl (C=O) groups excluding carboxylic acids is 2. The van der Waals surface area contributed by atoms with Crippen LogP contribution in [0, 0.1) is 5.92 Å². The van der Waals surface area contributed by atoms with Crippen LogP contribution in [-0.2, 0) is 26.4 Å². The SMILES string of the molecule is CS(=O)(=O)NCc1nc(NC(=O)Nc2cccnc2C(=O)C2CCCC2)sc1S(C)(=O)=O. The van der Waals surface area contributed by atoms with Gasteiger partial charge in [0, 0.05) is 18.4 Å². The van der Waals surface area contributed by atoms with Gasteiger partial charge in [-0.1, -0.05) is 24.2 Å². The van der Waals surface area contributed by atoms with Gasteiger partial charge < -0.3 is 5.32 Å². The number of amides is 2. The first kappa shape index (κ1) is 24.2. The number of Topliss-reactive ketones (excluding diaryl/α,β-unsaturated/α-hetero) is 1. The molecule has 2 amide bonds. The Bertz CT molecular complexity index is 1230. The second kappa shape index (κ2) is 9.60. The minimum Gasteiger partial charge on any atom is -0.305 e. The lowest BCUT2D eigenvalue weighted by Gasteiger charge is -2.12. The predicted molar refractivity (Wildman–Crippen MR) is 120 cm³/mol. The number of sulfone groups is 1. The molecule has 2 aromatic rings. The Labute approximate surface area is 190 Å². The van der Waals surface area contributed by atoms with E-state index in [0.29, 0.717) is 11.3 Å². The van der Waals surface area contributed by atoms with Crippen LogP contribution in [0.2, 0.25) is 0 Å². The van der Waals surface area contributed by atoms with Gasteiger partial charge >= 0.3 is 6.03 Å². The first-order valence-corrected chi connectivity index (χ1v) is 14.3. The van der Waals surface area contributed by atoms with Crippen molar-refractivity contribution in [2.45, 2.75) is 36.4 Å². The van der Waals surface area contributed by atoms with Gasteiger partial charge in [-0.15, -0.1) is 0 Å². The fourth-order valence-corrected chi connectivity index (χ4v) is 5.82. The van der Waals surface area contributed by atoms with E-state index in [1.54, 1.807) is 12.1 Å². The van der Waals surface area contributed by atoms with Crippen molar-refractivity contribution in [3.8, 4) is 0 Å². The van der Waals surface area contributed by atoms with Gasteiger partial charge in [0.15, 0.2) is 20.8 Å². The third kappa shape index (κ3) is 6.31. The van der Waals surface area contributed by atoms with E-state index >= 15 is 0 Å². The highest BCUT2D eigenvalue weighted by atomic mass is 32.2. The maximum absolute atomic E-state index is 12.8. The Morgan fingerprint density at radius 2 is 1.81 bits per heavy atom. The minimum absolute atomic E-state index is 0.0308. The second-order valence-corrected chi connectivity index (χ2v) is 12.5. The van der Waals surface area contributed by atoms with Crippen molar-refractivity contribution in [3.05, 3.63) is 29.7 Å². The molecule has 0 radical (unpaired) electrons. The molecule has 0 unspecified atom stereocenters. The molecule has 32 heavy (non-hydrogen) atoms. The number of nitrogens with one attached hydrogen (secondary N) is 3. The van der Waals surface area contributed by atoms with E-state index < -0.39 is 25.9 Å². The molecule has 14 heteroatoms. The van der Waals surface area contributed by atoms with Crippen LogP contribution in [0.1, 0.15) is 41.9 Å². The molecule has 2 heterocycles. The van der Waals surface area contributed by atoms with Crippen LogP contribution in [0.4, 0.5) is 15.6 Å². The zero-order valence-electron chi connectivity index (χ0n) is 17.4. The summed E-state index contributed by atoms with van der Waals surface area (Å²) in [4.78, 5) is 33.4. The highest BCUT2D eigenvalue weighted by Gasteiger charge is 2.27. The number of nitrogens with zero attached hydrogens (tertiary/aromatic N) is 2. The molecule has 0 atom stereocenters. The van der Waals surface area contributed by atoms with E-state index in [0.717, 1.165) is 38.2 Å². The van der Waals surface area contributed by atoms with Crippen molar-refractivity contribution in [2.24, 2.45) is 5.92 Å². The van der Waals surface area contributed by atoms with E-state index in [1.807, 2.05) is 0 Å². The van der Waals surface area contributed by atoms with Crippen molar-refractivity contribution in [3.63, 3.8) is 0 Å². The molecule has 11 nitrogen and oxygen atoms in total. The van der Waals surface area contributed by atoms with Crippen molar-refractivity contribution >= 4 is 53.8 Å². The molecular formula is C18H23N5O6S3. The van der Waals surface area contributed by atoms with Crippen LogP contribution in [0.15, 0.2) is 22.5 Å². The van der Waals surface area contributed by atoms with Gasteiger partial charge in [-0.05, 0) is 25.0 Å². The van der Waals surface area contributed by atoms with Gasteiger partial charge in [-0.25, -0.2) is 31.3 Å². The Hall–Kier alpha value is -2.42. The average molecular weight is 502 g/mol. The third-order valence-electron chi connectivity index (χ3n) is 4.74. The van der Waals surface area contributed by atoms with E-state index in [1.165, 1.54) is 6.20 Å². The number of hydrogen-bond donors (Lipinski definition) is 3. The van der Waals surface area contributed by atoms with Gasteiger partial charge in [-0.3, -0.25) is 15.1 Å². The lowest BCUT2D eigenvalue weighted by molar-refractivity contribution is 0.0918. The smallest absolute Gasteiger partial charge is 0.305 e. The highest BCUT2D eigenvalue weighted by Crippen LogP contribution is 2.30. The standard InChI is InChI=1S/C18H23N5O6S3/c1-31(26,27)16-13(10-20-32(2,28)29)22-18(30-16)23-17(25)21-12-8-5-9-19-14(12)15(24)11-6-3-4-7-11/h5,8-9,11,20H,3-4,6-7,10H2,1-2H3,(H2,21,22,23,25). The van der Waals surface area contributed by atoms with Crippen LogP contribution in [0.3, 0.4) is 0 Å². The summed E-state index contributed by atoms with van der Waals surface area (Å²) in [5.41, 5.74) is 0.376. The number of rotatable bonds is 8. The number of carbonyl (C=O) groups is 2. The first-order valence-electron chi connectivity index (χ1n) is 9.65. The highest BCUT2D eigenvalue weighted by molar-refractivity contribution is 7.93.